The van der Waals surface area contributed by atoms with Crippen LogP contribution >= 0.6 is 0 Å². The summed E-state index contributed by atoms with van der Waals surface area (Å²) < 4.78 is 0. The van der Waals surface area contributed by atoms with Crippen LogP contribution in [0.1, 0.15) is 17.2 Å². The van der Waals surface area contributed by atoms with E-state index in [0.717, 1.165) is 0 Å². The van der Waals surface area contributed by atoms with Crippen molar-refractivity contribution in [2.24, 2.45) is 0 Å². The fourth-order valence-electron chi connectivity index (χ4n) is 2.88. The van der Waals surface area contributed by atoms with Crippen molar-refractivity contribution < 1.29 is 24.5 Å². The zero-order valence-corrected chi connectivity index (χ0v) is 15.1. The molecule has 1 heterocycles. The summed E-state index contributed by atoms with van der Waals surface area (Å²) in [6.45, 7) is 0. The van der Waals surface area contributed by atoms with Gasteiger partial charge >= 0.3 is 12.0 Å². The van der Waals surface area contributed by atoms with E-state index in [9.17, 15) is 34.9 Å². The molecule has 0 bridgehead atoms. The van der Waals surface area contributed by atoms with E-state index in [0.29, 0.717) is 11.1 Å². The molecule has 1 aliphatic rings. The molecule has 0 spiro atoms. The van der Waals surface area contributed by atoms with Crippen LogP contribution in [0.3, 0.4) is 0 Å². The summed E-state index contributed by atoms with van der Waals surface area (Å²) in [4.78, 5) is 44.4. The van der Waals surface area contributed by atoms with E-state index in [1.54, 1.807) is 0 Å². The second kappa shape index (κ2) is 8.22. The number of urea groups is 1. The van der Waals surface area contributed by atoms with Crippen LogP contribution < -0.4 is 10.6 Å². The van der Waals surface area contributed by atoms with Crippen LogP contribution in [0, 0.1) is 20.2 Å². The molecular weight excluding hydrogens is 396 g/mol. The van der Waals surface area contributed by atoms with Crippen LogP contribution in [-0.4, -0.2) is 27.0 Å². The molecule has 1 unspecified atom stereocenters. The van der Waals surface area contributed by atoms with Crippen molar-refractivity contribution in [3.05, 3.63) is 97.2 Å². The number of nitrogens with zero attached hydrogens (tertiary/aromatic N) is 2. The number of carboxylic acid groups (broad SMARTS) is 1. The smallest absolute Gasteiger partial charge is 0.336 e. The molecule has 11 nitrogen and oxygen atoms in total. The fourth-order valence-corrected chi connectivity index (χ4v) is 2.88. The first kappa shape index (κ1) is 20.2. The summed E-state index contributed by atoms with van der Waals surface area (Å²) in [5, 5.41) is 36.2. The number of carbonyl (C=O) groups excluding carboxylic acids is 1. The predicted octanol–water partition coefficient (Wildman–Crippen LogP) is 2.91. The number of carbonyl (C=O) groups is 2. The maximum absolute atomic E-state index is 12.1. The van der Waals surface area contributed by atoms with Gasteiger partial charge in [0.05, 0.1) is 27.2 Å². The number of nitro groups is 2. The third kappa shape index (κ3) is 4.30. The van der Waals surface area contributed by atoms with Gasteiger partial charge in [0, 0.05) is 24.3 Å². The van der Waals surface area contributed by atoms with Crippen molar-refractivity contribution in [1.29, 1.82) is 0 Å². The SMILES string of the molecule is O=C1NC(/C=C/c2ccc([N+](=O)[O-])cc2)=C(C(=O)O)C(c2ccc([N+](=O)[O-])cc2)N1. The number of hydrogen-bond donors (Lipinski definition) is 3. The summed E-state index contributed by atoms with van der Waals surface area (Å²) in [6.07, 6.45) is 2.88. The Labute approximate surface area is 168 Å². The van der Waals surface area contributed by atoms with E-state index in [1.165, 1.54) is 60.7 Å². The van der Waals surface area contributed by atoms with Crippen molar-refractivity contribution >= 4 is 29.5 Å². The molecule has 1 aliphatic heterocycles. The molecule has 0 fully saturated rings. The molecule has 0 radical (unpaired) electrons. The second-order valence-electron chi connectivity index (χ2n) is 6.19. The lowest BCUT2D eigenvalue weighted by Gasteiger charge is -2.27. The molecule has 2 amide bonds. The molecule has 3 rings (SSSR count). The Bertz CT molecular complexity index is 1090. The minimum Gasteiger partial charge on any atom is -0.478 e. The fraction of sp³-hybridized carbons (Fsp3) is 0.0526. The van der Waals surface area contributed by atoms with E-state index < -0.39 is 27.9 Å². The Kier molecular flexibility index (Phi) is 5.54. The molecule has 11 heteroatoms. The molecule has 3 N–H and O–H groups in total. The minimum atomic E-state index is -1.30. The summed E-state index contributed by atoms with van der Waals surface area (Å²) in [5.41, 5.74) is 0.505. The van der Waals surface area contributed by atoms with Gasteiger partial charge in [0.15, 0.2) is 0 Å². The Hall–Kier alpha value is -4.54. The Morgan fingerprint density at radius 1 is 0.933 bits per heavy atom. The van der Waals surface area contributed by atoms with Crippen LogP contribution in [-0.2, 0) is 4.79 Å². The van der Waals surface area contributed by atoms with E-state index in [1.807, 2.05) is 0 Å². The molecule has 0 saturated carbocycles. The van der Waals surface area contributed by atoms with Crippen LogP contribution in [0.2, 0.25) is 0 Å². The predicted molar refractivity (Wildman–Crippen MR) is 104 cm³/mol. The highest BCUT2D eigenvalue weighted by Gasteiger charge is 2.32. The quantitative estimate of drug-likeness (QED) is 0.486. The molecule has 0 saturated heterocycles. The van der Waals surface area contributed by atoms with Gasteiger partial charge in [-0.3, -0.25) is 20.2 Å². The summed E-state index contributed by atoms with van der Waals surface area (Å²) >= 11 is 0. The van der Waals surface area contributed by atoms with E-state index in [2.05, 4.69) is 10.6 Å². The zero-order valence-electron chi connectivity index (χ0n) is 15.1. The number of hydrogen-bond acceptors (Lipinski definition) is 6. The van der Waals surface area contributed by atoms with E-state index >= 15 is 0 Å². The van der Waals surface area contributed by atoms with Gasteiger partial charge in [-0.15, -0.1) is 0 Å². The number of carboxylic acids is 1. The largest absolute Gasteiger partial charge is 0.478 e. The number of rotatable bonds is 6. The molecule has 2 aromatic rings. The van der Waals surface area contributed by atoms with Crippen molar-refractivity contribution in [3.8, 4) is 0 Å². The molecule has 1 atom stereocenters. The van der Waals surface area contributed by atoms with Gasteiger partial charge in [0.25, 0.3) is 11.4 Å². The minimum absolute atomic E-state index is 0.0213. The van der Waals surface area contributed by atoms with Crippen molar-refractivity contribution in [2.75, 3.05) is 0 Å². The van der Waals surface area contributed by atoms with Crippen LogP contribution in [0.15, 0.2) is 65.9 Å². The highest BCUT2D eigenvalue weighted by molar-refractivity contribution is 5.95. The van der Waals surface area contributed by atoms with Crippen molar-refractivity contribution in [1.82, 2.24) is 10.6 Å². The standard InChI is InChI=1S/C19H14N4O7/c24-18(25)16-15(10-3-11-1-6-13(7-2-11)22(27)28)20-19(26)21-17(16)12-4-8-14(9-5-12)23(29)30/h1-10,17H,(H,24,25)(H2,20,21,26)/b10-3+. The number of amides is 2. The first-order chi connectivity index (χ1) is 14.3. The van der Waals surface area contributed by atoms with Crippen LogP contribution in [0.5, 0.6) is 0 Å². The molecule has 0 aromatic heterocycles. The van der Waals surface area contributed by atoms with Gasteiger partial charge < -0.3 is 15.7 Å². The monoisotopic (exact) mass is 410 g/mol. The number of non-ortho nitro benzene ring substituents is 2. The summed E-state index contributed by atoms with van der Waals surface area (Å²) in [6, 6.07) is 9.05. The van der Waals surface area contributed by atoms with Crippen LogP contribution in [0.25, 0.3) is 6.08 Å². The molecule has 152 valence electrons. The highest BCUT2D eigenvalue weighted by Crippen LogP contribution is 2.29. The maximum atomic E-state index is 12.1. The normalized spacial score (nSPS) is 16.1. The Balaban J connectivity index is 1.97. The van der Waals surface area contributed by atoms with Crippen molar-refractivity contribution in [3.63, 3.8) is 0 Å². The zero-order chi connectivity index (χ0) is 21.8. The lowest BCUT2D eigenvalue weighted by molar-refractivity contribution is -0.385. The first-order valence-electron chi connectivity index (χ1n) is 8.48. The second-order valence-corrected chi connectivity index (χ2v) is 6.19. The molecule has 30 heavy (non-hydrogen) atoms. The number of aliphatic carboxylic acids is 1. The van der Waals surface area contributed by atoms with Gasteiger partial charge in [-0.25, -0.2) is 9.59 Å². The number of benzene rings is 2. The third-order valence-electron chi connectivity index (χ3n) is 4.32. The highest BCUT2D eigenvalue weighted by atomic mass is 16.6. The third-order valence-corrected chi connectivity index (χ3v) is 4.32. The van der Waals surface area contributed by atoms with Crippen LogP contribution in [0.4, 0.5) is 16.2 Å². The number of allylic oxidation sites excluding steroid dienone is 1. The van der Waals surface area contributed by atoms with E-state index in [4.69, 9.17) is 0 Å². The van der Waals surface area contributed by atoms with Gasteiger partial charge in [-0.1, -0.05) is 6.08 Å². The lowest BCUT2D eigenvalue weighted by Crippen LogP contribution is -2.45. The summed E-state index contributed by atoms with van der Waals surface area (Å²) in [5.74, 6) is -1.30. The number of nitrogens with one attached hydrogen (secondary N) is 2. The Morgan fingerprint density at radius 2 is 1.47 bits per heavy atom. The summed E-state index contributed by atoms with van der Waals surface area (Å²) in [7, 11) is 0. The van der Waals surface area contributed by atoms with Crippen molar-refractivity contribution in [2.45, 2.75) is 6.04 Å². The van der Waals surface area contributed by atoms with Gasteiger partial charge in [0.2, 0.25) is 0 Å². The van der Waals surface area contributed by atoms with E-state index in [-0.39, 0.29) is 22.6 Å². The number of nitro benzene ring substituents is 2. The average Bonchev–Trinajstić information content (AvgIpc) is 2.71. The van der Waals surface area contributed by atoms with Gasteiger partial charge in [-0.05, 0) is 41.5 Å². The average molecular weight is 410 g/mol. The Morgan fingerprint density at radius 3 is 1.97 bits per heavy atom. The maximum Gasteiger partial charge on any atom is 0.336 e. The molecule has 2 aromatic carbocycles. The molecular formula is C19H14N4O7. The topological polar surface area (TPSA) is 165 Å². The van der Waals surface area contributed by atoms with Gasteiger partial charge in [-0.2, -0.15) is 0 Å². The lowest BCUT2D eigenvalue weighted by atomic mass is 9.94. The first-order valence-corrected chi connectivity index (χ1v) is 8.48. The van der Waals surface area contributed by atoms with Gasteiger partial charge in [0.1, 0.15) is 0 Å². The molecule has 0 aliphatic carbocycles.